The summed E-state index contributed by atoms with van der Waals surface area (Å²) in [4.78, 5) is 18.2. The Kier molecular flexibility index (Phi) is 6.74. The molecule has 0 bridgehead atoms. The van der Waals surface area contributed by atoms with Crippen LogP contribution in [-0.4, -0.2) is 49.4 Å². The first kappa shape index (κ1) is 24.9. The summed E-state index contributed by atoms with van der Waals surface area (Å²) in [5.74, 6) is 1.19. The summed E-state index contributed by atoms with van der Waals surface area (Å²) in [5.41, 5.74) is 4.37. The average Bonchev–Trinajstić information content (AvgIpc) is 3.55. The maximum Gasteiger partial charge on any atom is 0.277 e. The van der Waals surface area contributed by atoms with Gasteiger partial charge in [0.15, 0.2) is 5.75 Å². The van der Waals surface area contributed by atoms with E-state index in [2.05, 4.69) is 40.5 Å². The first-order valence-corrected chi connectivity index (χ1v) is 11.8. The predicted molar refractivity (Wildman–Crippen MR) is 138 cm³/mol. The molecule has 1 aliphatic rings. The monoisotopic (exact) mass is 515 g/mol. The number of rotatable bonds is 8. The molecule has 10 nitrogen and oxygen atoms in total. The summed E-state index contributed by atoms with van der Waals surface area (Å²) in [6, 6.07) is 10.9. The van der Waals surface area contributed by atoms with Crippen molar-refractivity contribution in [3.05, 3.63) is 70.5 Å². The van der Waals surface area contributed by atoms with Crippen molar-refractivity contribution < 1.29 is 13.5 Å². The van der Waals surface area contributed by atoms with Crippen molar-refractivity contribution >= 4 is 28.6 Å². The van der Waals surface area contributed by atoms with Gasteiger partial charge in [-0.1, -0.05) is 25.6 Å². The zero-order valence-corrected chi connectivity index (χ0v) is 20.9. The van der Waals surface area contributed by atoms with Crippen molar-refractivity contribution in [3.63, 3.8) is 0 Å². The summed E-state index contributed by atoms with van der Waals surface area (Å²) < 4.78 is 32.8. The maximum absolute atomic E-state index is 13.6. The van der Waals surface area contributed by atoms with Crippen molar-refractivity contribution in [1.29, 1.82) is 0 Å². The van der Waals surface area contributed by atoms with Crippen molar-refractivity contribution in [1.82, 2.24) is 30.2 Å². The van der Waals surface area contributed by atoms with Crippen LogP contribution < -0.4 is 10.1 Å². The molecule has 1 aromatic carbocycles. The number of aromatic nitrogens is 6. The number of para-hydroxylation sites is 1. The summed E-state index contributed by atoms with van der Waals surface area (Å²) in [6.45, 7) is 9.40. The smallest absolute Gasteiger partial charge is 0.277 e. The van der Waals surface area contributed by atoms with Crippen molar-refractivity contribution in [3.8, 4) is 17.1 Å². The van der Waals surface area contributed by atoms with Gasteiger partial charge in [-0.3, -0.25) is 4.98 Å². The maximum atomic E-state index is 13.6. The van der Waals surface area contributed by atoms with Gasteiger partial charge in [-0.15, -0.1) is 15.2 Å². The Hall–Kier alpha value is -4.79. The first-order chi connectivity index (χ1) is 18.4. The van der Waals surface area contributed by atoms with Gasteiger partial charge in [-0.25, -0.2) is 13.8 Å². The first-order valence-electron chi connectivity index (χ1n) is 11.8. The molecular weight excluding hydrogens is 492 g/mol. The zero-order valence-electron chi connectivity index (χ0n) is 20.9. The quantitative estimate of drug-likeness (QED) is 0.329. The topological polar surface area (TPSA) is 107 Å². The van der Waals surface area contributed by atoms with Crippen LogP contribution in [0, 0.1) is 6.57 Å². The number of hydrogen-bond acceptors (Lipinski definition) is 8. The number of anilines is 2. The van der Waals surface area contributed by atoms with E-state index in [4.69, 9.17) is 11.3 Å². The van der Waals surface area contributed by atoms with Crippen LogP contribution in [0.5, 0.6) is 5.75 Å². The molecule has 0 atom stereocenters. The molecule has 0 amide bonds. The molecule has 0 saturated heterocycles. The molecular formula is C26H23F2N9O. The van der Waals surface area contributed by atoms with Gasteiger partial charge in [-0.05, 0) is 41.5 Å². The summed E-state index contributed by atoms with van der Waals surface area (Å²) >= 11 is 0. The van der Waals surface area contributed by atoms with Crippen LogP contribution >= 0.6 is 0 Å². The highest BCUT2D eigenvalue weighted by molar-refractivity contribution is 5.98. The minimum absolute atomic E-state index is 0.0499. The van der Waals surface area contributed by atoms with E-state index >= 15 is 0 Å². The van der Waals surface area contributed by atoms with Crippen LogP contribution in [0.15, 0.2) is 41.4 Å². The second-order valence-corrected chi connectivity index (χ2v) is 8.58. The number of aryl methyl sites for hydroxylation is 2. The third kappa shape index (κ3) is 4.78. The normalized spacial score (nSPS) is 12.3. The summed E-state index contributed by atoms with van der Waals surface area (Å²) in [6.07, 6.45) is -1.72. The molecule has 192 valence electrons. The molecule has 4 heterocycles. The number of halogens is 2. The van der Waals surface area contributed by atoms with E-state index in [1.165, 1.54) is 11.9 Å². The number of benzene rings is 1. The molecule has 38 heavy (non-hydrogen) atoms. The van der Waals surface area contributed by atoms with Crippen LogP contribution in [0.2, 0.25) is 0 Å². The molecule has 0 spiro atoms. The lowest BCUT2D eigenvalue weighted by atomic mass is 10.1. The van der Waals surface area contributed by atoms with Gasteiger partial charge in [0.25, 0.3) is 12.2 Å². The Bertz CT molecular complexity index is 1590. The van der Waals surface area contributed by atoms with Gasteiger partial charge in [0.1, 0.15) is 11.4 Å². The van der Waals surface area contributed by atoms with Crippen LogP contribution in [0.1, 0.15) is 29.6 Å². The second-order valence-electron chi connectivity index (χ2n) is 8.58. The number of pyridine rings is 2. The number of fused-ring (bicyclic) bond motifs is 1. The Morgan fingerprint density at radius 2 is 2.00 bits per heavy atom. The van der Waals surface area contributed by atoms with Gasteiger partial charge >= 0.3 is 0 Å². The minimum atomic E-state index is -2.69. The van der Waals surface area contributed by atoms with Crippen LogP contribution in [-0.2, 0) is 26.3 Å². The Balaban J connectivity index is 1.56. The fraction of sp³-hybridized carbons (Fsp3) is 0.269. The molecule has 5 rings (SSSR count). The minimum Gasteiger partial charge on any atom is -0.494 e. The van der Waals surface area contributed by atoms with Crippen molar-refractivity contribution in [2.24, 2.45) is 12.0 Å². The molecule has 0 radical (unpaired) electrons. The largest absolute Gasteiger partial charge is 0.494 e. The van der Waals surface area contributed by atoms with E-state index in [0.29, 0.717) is 69.9 Å². The molecule has 4 aromatic rings. The molecule has 1 aliphatic heterocycles. The highest BCUT2D eigenvalue weighted by atomic mass is 19.3. The van der Waals surface area contributed by atoms with E-state index in [1.807, 2.05) is 19.1 Å². The van der Waals surface area contributed by atoms with Crippen molar-refractivity contribution in [2.75, 3.05) is 12.4 Å². The van der Waals surface area contributed by atoms with Gasteiger partial charge in [-0.2, -0.15) is 4.80 Å². The third-order valence-corrected chi connectivity index (χ3v) is 6.07. The number of nitrogens with zero attached hydrogens (tertiary/aromatic N) is 8. The van der Waals surface area contributed by atoms with E-state index in [0.717, 1.165) is 5.56 Å². The zero-order chi connectivity index (χ0) is 26.8. The highest BCUT2D eigenvalue weighted by Crippen LogP contribution is 2.41. The summed E-state index contributed by atoms with van der Waals surface area (Å²) in [5, 5.41) is 15.5. The van der Waals surface area contributed by atoms with Crippen LogP contribution in [0.25, 0.3) is 16.2 Å². The molecule has 0 aliphatic carbocycles. The molecule has 0 fully saturated rings. The SMILES string of the molecule is [C-]#[N+]c1nc(Cc2cc(Nc3cccc(-c4nnn(C)n4)c3OC)c3c(n2)CC(C(F)F)=N3)ccc1CC. The number of ether oxygens (including phenoxy) is 1. The van der Waals surface area contributed by atoms with Crippen LogP contribution in [0.4, 0.5) is 31.7 Å². The number of tetrazole rings is 1. The van der Waals surface area contributed by atoms with E-state index < -0.39 is 6.43 Å². The Morgan fingerprint density at radius 3 is 2.68 bits per heavy atom. The lowest BCUT2D eigenvalue weighted by Crippen LogP contribution is -2.10. The fourth-order valence-electron chi connectivity index (χ4n) is 4.31. The van der Waals surface area contributed by atoms with Gasteiger partial charge in [0.05, 0.1) is 54.6 Å². The lowest BCUT2D eigenvalue weighted by Gasteiger charge is -2.16. The van der Waals surface area contributed by atoms with Gasteiger partial charge in [0.2, 0.25) is 5.82 Å². The molecule has 0 saturated carbocycles. The fourth-order valence-corrected chi connectivity index (χ4v) is 4.31. The van der Waals surface area contributed by atoms with Crippen LogP contribution in [0.3, 0.4) is 0 Å². The lowest BCUT2D eigenvalue weighted by molar-refractivity contribution is 0.224. The Morgan fingerprint density at radius 1 is 1.16 bits per heavy atom. The average molecular weight is 516 g/mol. The highest BCUT2D eigenvalue weighted by Gasteiger charge is 2.27. The van der Waals surface area contributed by atoms with E-state index in [1.54, 1.807) is 31.3 Å². The molecule has 3 aromatic heterocycles. The van der Waals surface area contributed by atoms with E-state index in [9.17, 15) is 8.78 Å². The standard InChI is InChI=1S/C26H23F2N9O/c1-5-14-9-10-15(31-25(14)29-2)11-16-12-19(22-20(30-16)13-21(33-22)24(27)28)32-18-8-6-7-17(23(18)38-4)26-34-36-37(3)35-26/h6-10,12,24H,5,11,13H2,1,3-4H3,(H,30,32). The molecule has 12 heteroatoms. The van der Waals surface area contributed by atoms with Gasteiger partial charge < -0.3 is 14.9 Å². The van der Waals surface area contributed by atoms with Crippen molar-refractivity contribution in [2.45, 2.75) is 32.6 Å². The second kappa shape index (κ2) is 10.3. The summed E-state index contributed by atoms with van der Waals surface area (Å²) in [7, 11) is 3.19. The number of methoxy groups -OCH3 is 1. The number of aliphatic imine (C=N–C) groups is 1. The van der Waals surface area contributed by atoms with Gasteiger partial charge in [0, 0.05) is 6.42 Å². The van der Waals surface area contributed by atoms with E-state index in [-0.39, 0.29) is 12.1 Å². The number of alkyl halides is 2. The molecule has 1 N–H and O–H groups in total. The predicted octanol–water partition coefficient (Wildman–Crippen LogP) is 5.02. The number of hydrogen-bond donors (Lipinski definition) is 1. The third-order valence-electron chi connectivity index (χ3n) is 6.07. The Labute approximate surface area is 217 Å². The molecule has 0 unspecified atom stereocenters. The number of nitrogens with one attached hydrogen (secondary N) is 1.